The maximum atomic E-state index is 5.20. The van der Waals surface area contributed by atoms with E-state index in [0.717, 1.165) is 72.9 Å². The molecule has 1 aliphatic rings. The lowest BCUT2D eigenvalue weighted by atomic mass is 9.82. The topological polar surface area (TPSA) is 74.3 Å². The Hall–Kier alpha value is -8.29. The maximum Gasteiger partial charge on any atom is 0.164 e. The molecule has 0 fully saturated rings. The number of aromatic nitrogens is 7. The normalized spacial score (nSPS) is 12.7. The first-order valence-electron chi connectivity index (χ1n) is 21.3. The van der Waals surface area contributed by atoms with Crippen LogP contribution in [-0.2, 0) is 5.41 Å². The monoisotopic (exact) mass is 809 g/mol. The highest BCUT2D eigenvalue weighted by Gasteiger charge is 2.35. The molecule has 0 bridgehead atoms. The molecule has 0 N–H and O–H groups in total. The SMILES string of the molecule is CC1(C)c2ccccc2-c2ccc(-c3nc(-c4ccc(-c5nc6ccccc6n5-c5ccccc5)cc4)nc(-c4ccc(-c5nc6ccccc6n5-c5ccccc5)cc4)n3)cc21. The summed E-state index contributed by atoms with van der Waals surface area (Å²) in [7, 11) is 0. The van der Waals surface area contributed by atoms with Gasteiger partial charge in [0.2, 0.25) is 0 Å². The van der Waals surface area contributed by atoms with E-state index in [-0.39, 0.29) is 5.41 Å². The van der Waals surface area contributed by atoms with Gasteiger partial charge in [-0.3, -0.25) is 9.13 Å². The van der Waals surface area contributed by atoms with E-state index in [1.165, 1.54) is 22.3 Å². The van der Waals surface area contributed by atoms with Crippen LogP contribution in [0.4, 0.5) is 0 Å². The fourth-order valence-electron chi connectivity index (χ4n) is 9.26. The van der Waals surface area contributed by atoms with E-state index in [2.05, 4.69) is 199 Å². The number of fused-ring (bicyclic) bond motifs is 5. The minimum atomic E-state index is -0.168. The van der Waals surface area contributed by atoms with Gasteiger partial charge in [-0.15, -0.1) is 0 Å². The van der Waals surface area contributed by atoms with Gasteiger partial charge >= 0.3 is 0 Å². The van der Waals surface area contributed by atoms with Gasteiger partial charge < -0.3 is 0 Å². The van der Waals surface area contributed by atoms with Crippen molar-refractivity contribution in [2.45, 2.75) is 19.3 Å². The molecule has 3 aromatic heterocycles. The Morgan fingerprint density at radius 3 is 1.25 bits per heavy atom. The Bertz CT molecular complexity index is 3330. The van der Waals surface area contributed by atoms with Gasteiger partial charge in [0.25, 0.3) is 0 Å². The number of rotatable bonds is 7. The van der Waals surface area contributed by atoms with Crippen LogP contribution in [0.5, 0.6) is 0 Å². The lowest BCUT2D eigenvalue weighted by Crippen LogP contribution is -2.15. The quantitative estimate of drug-likeness (QED) is 0.160. The Kier molecular flexibility index (Phi) is 8.37. The smallest absolute Gasteiger partial charge is 0.164 e. The highest BCUT2D eigenvalue weighted by atomic mass is 15.1. The van der Waals surface area contributed by atoms with Gasteiger partial charge in [0.1, 0.15) is 11.6 Å². The van der Waals surface area contributed by atoms with E-state index >= 15 is 0 Å². The summed E-state index contributed by atoms with van der Waals surface area (Å²) in [5, 5.41) is 0. The van der Waals surface area contributed by atoms with Gasteiger partial charge in [-0.05, 0) is 76.9 Å². The molecular weight excluding hydrogens is 771 g/mol. The second kappa shape index (κ2) is 14.4. The van der Waals surface area contributed by atoms with Crippen molar-refractivity contribution in [1.29, 1.82) is 0 Å². The molecule has 0 radical (unpaired) electrons. The van der Waals surface area contributed by atoms with Crippen LogP contribution < -0.4 is 0 Å². The molecule has 7 heteroatoms. The van der Waals surface area contributed by atoms with Crippen LogP contribution in [0.3, 0.4) is 0 Å². The largest absolute Gasteiger partial charge is 0.292 e. The van der Waals surface area contributed by atoms with Gasteiger partial charge in [0.15, 0.2) is 17.5 Å². The number of imidazole rings is 2. The first-order chi connectivity index (χ1) is 31.0. The third-order valence-corrected chi connectivity index (χ3v) is 12.4. The predicted molar refractivity (Wildman–Crippen MR) is 254 cm³/mol. The zero-order valence-corrected chi connectivity index (χ0v) is 34.7. The molecule has 7 nitrogen and oxygen atoms in total. The van der Waals surface area contributed by atoms with Crippen LogP contribution >= 0.6 is 0 Å². The molecular formula is C56H39N7. The highest BCUT2D eigenvalue weighted by molar-refractivity contribution is 5.86. The van der Waals surface area contributed by atoms with Crippen molar-refractivity contribution >= 4 is 22.1 Å². The average Bonchev–Trinajstić information content (AvgIpc) is 4.00. The number of hydrogen-bond donors (Lipinski definition) is 0. The third kappa shape index (κ3) is 6.08. The van der Waals surface area contributed by atoms with Gasteiger partial charge in [0.05, 0.1) is 22.1 Å². The van der Waals surface area contributed by atoms with Crippen LogP contribution in [-0.4, -0.2) is 34.1 Å². The van der Waals surface area contributed by atoms with Crippen LogP contribution in [0.15, 0.2) is 200 Å². The first kappa shape index (κ1) is 36.6. The van der Waals surface area contributed by atoms with Crippen molar-refractivity contribution in [3.63, 3.8) is 0 Å². The zero-order valence-electron chi connectivity index (χ0n) is 34.7. The Labute approximate surface area is 364 Å². The van der Waals surface area contributed by atoms with E-state index in [0.29, 0.717) is 17.5 Å². The second-order valence-electron chi connectivity index (χ2n) is 16.6. The minimum Gasteiger partial charge on any atom is -0.292 e. The lowest BCUT2D eigenvalue weighted by molar-refractivity contribution is 0.660. The molecule has 63 heavy (non-hydrogen) atoms. The standard InChI is InChI=1S/C56H39N7/c1-56(2)45-20-10-9-19-43(45)44-34-33-40(35-46(44)56)53-60-51(36-25-29-38(30-26-36)54-57-47-21-11-13-23-49(47)62(54)41-15-5-3-6-16-41)59-52(61-53)37-27-31-39(32-28-37)55-58-48-22-12-14-24-50(48)63(55)42-17-7-4-8-18-42/h3-35H,1-2H3. The Morgan fingerprint density at radius 2 is 0.730 bits per heavy atom. The van der Waals surface area contributed by atoms with Crippen molar-refractivity contribution in [3.05, 3.63) is 211 Å². The summed E-state index contributed by atoms with van der Waals surface area (Å²) in [6, 6.07) is 69.5. The summed E-state index contributed by atoms with van der Waals surface area (Å²) >= 11 is 0. The second-order valence-corrected chi connectivity index (χ2v) is 16.6. The highest BCUT2D eigenvalue weighted by Crippen LogP contribution is 2.49. The van der Waals surface area contributed by atoms with Crippen LogP contribution in [0, 0.1) is 0 Å². The van der Waals surface area contributed by atoms with E-state index in [4.69, 9.17) is 24.9 Å². The zero-order chi connectivity index (χ0) is 42.1. The molecule has 0 unspecified atom stereocenters. The molecule has 0 amide bonds. The molecule has 12 rings (SSSR count). The number of hydrogen-bond acceptors (Lipinski definition) is 5. The summed E-state index contributed by atoms with van der Waals surface area (Å²) in [6.07, 6.45) is 0. The van der Waals surface area contributed by atoms with E-state index < -0.39 is 0 Å². The van der Waals surface area contributed by atoms with Gasteiger partial charge in [-0.1, -0.05) is 159 Å². The molecule has 11 aromatic rings. The van der Waals surface area contributed by atoms with Gasteiger partial charge in [-0.25, -0.2) is 24.9 Å². The Morgan fingerprint density at radius 1 is 0.333 bits per heavy atom. The van der Waals surface area contributed by atoms with Crippen molar-refractivity contribution in [2.24, 2.45) is 0 Å². The van der Waals surface area contributed by atoms with E-state index in [1.54, 1.807) is 0 Å². The molecule has 0 aliphatic heterocycles. The number of benzene rings is 8. The van der Waals surface area contributed by atoms with Crippen LogP contribution in [0.2, 0.25) is 0 Å². The molecule has 298 valence electrons. The van der Waals surface area contributed by atoms with Crippen molar-refractivity contribution in [1.82, 2.24) is 34.1 Å². The molecule has 8 aromatic carbocycles. The maximum absolute atomic E-state index is 5.20. The van der Waals surface area contributed by atoms with Crippen molar-refractivity contribution in [3.8, 4) is 79.4 Å². The Balaban J connectivity index is 0.976. The third-order valence-electron chi connectivity index (χ3n) is 12.4. The fraction of sp³-hybridized carbons (Fsp3) is 0.0536. The molecule has 3 heterocycles. The van der Waals surface area contributed by atoms with Gasteiger partial charge in [-0.2, -0.15) is 0 Å². The molecule has 0 saturated heterocycles. The van der Waals surface area contributed by atoms with Crippen molar-refractivity contribution in [2.75, 3.05) is 0 Å². The average molecular weight is 810 g/mol. The predicted octanol–water partition coefficient (Wildman–Crippen LogP) is 13.2. The molecule has 1 aliphatic carbocycles. The minimum absolute atomic E-state index is 0.168. The molecule has 0 spiro atoms. The summed E-state index contributed by atoms with van der Waals surface area (Å²) in [4.78, 5) is 25.8. The number of para-hydroxylation sites is 6. The van der Waals surface area contributed by atoms with Crippen LogP contribution in [0.25, 0.3) is 102 Å². The summed E-state index contributed by atoms with van der Waals surface area (Å²) in [5.74, 6) is 3.55. The van der Waals surface area contributed by atoms with Crippen LogP contribution in [0.1, 0.15) is 25.0 Å². The molecule has 0 atom stereocenters. The summed E-state index contributed by atoms with van der Waals surface area (Å²) < 4.78 is 4.44. The summed E-state index contributed by atoms with van der Waals surface area (Å²) in [6.45, 7) is 4.60. The lowest BCUT2D eigenvalue weighted by Gasteiger charge is -2.21. The summed E-state index contributed by atoms with van der Waals surface area (Å²) in [5.41, 5.74) is 15.8. The van der Waals surface area contributed by atoms with E-state index in [9.17, 15) is 0 Å². The van der Waals surface area contributed by atoms with Crippen molar-refractivity contribution < 1.29 is 0 Å². The van der Waals surface area contributed by atoms with Gasteiger partial charge in [0, 0.05) is 44.6 Å². The fourth-order valence-corrected chi connectivity index (χ4v) is 9.26. The first-order valence-corrected chi connectivity index (χ1v) is 21.3. The molecule has 0 saturated carbocycles. The number of nitrogens with zero attached hydrogens (tertiary/aromatic N) is 7. The van der Waals surface area contributed by atoms with E-state index in [1.807, 2.05) is 24.3 Å².